The molecule has 20 heavy (non-hydrogen) atoms. The number of hydrogen-bond donors (Lipinski definition) is 2. The first-order chi connectivity index (χ1) is 9.49. The van der Waals surface area contributed by atoms with Crippen LogP contribution in [0.2, 0.25) is 0 Å². The molecule has 0 saturated carbocycles. The van der Waals surface area contributed by atoms with E-state index in [0.717, 1.165) is 25.1 Å². The summed E-state index contributed by atoms with van der Waals surface area (Å²) in [5.74, 6) is 2.19. The fourth-order valence-electron chi connectivity index (χ4n) is 1.59. The van der Waals surface area contributed by atoms with Gasteiger partial charge < -0.3 is 15.8 Å². The number of nitrogens with zero attached hydrogens (tertiary/aromatic N) is 2. The number of unbranched alkanes of at least 4 members (excludes halogenated alkanes) is 1. The molecule has 0 aliphatic carbocycles. The van der Waals surface area contributed by atoms with Gasteiger partial charge in [0.2, 0.25) is 5.88 Å². The van der Waals surface area contributed by atoms with E-state index in [-0.39, 0.29) is 5.92 Å². The molecule has 1 rings (SSSR count). The second kappa shape index (κ2) is 7.92. The minimum absolute atomic E-state index is 0.238. The quantitative estimate of drug-likeness (QED) is 0.712. The Morgan fingerprint density at radius 2 is 1.90 bits per heavy atom. The smallest absolute Gasteiger partial charge is 0.242 e. The number of ether oxygens (including phenoxy) is 1. The third-order valence-corrected chi connectivity index (χ3v) is 3.18. The van der Waals surface area contributed by atoms with E-state index in [2.05, 4.69) is 49.9 Å². The second-order valence-corrected chi connectivity index (χ2v) is 5.46. The molecular weight excluding hydrogens is 252 g/mol. The maximum atomic E-state index is 6.13. The van der Waals surface area contributed by atoms with Crippen LogP contribution in [0.3, 0.4) is 0 Å². The van der Waals surface area contributed by atoms with Crippen LogP contribution in [0.1, 0.15) is 65.6 Å². The van der Waals surface area contributed by atoms with Gasteiger partial charge in [-0.3, -0.25) is 0 Å². The third-order valence-electron chi connectivity index (χ3n) is 3.18. The molecule has 0 amide bonds. The molecule has 5 nitrogen and oxygen atoms in total. The van der Waals surface area contributed by atoms with E-state index < -0.39 is 0 Å². The largest absolute Gasteiger partial charge is 0.476 e. The Labute approximate surface area is 122 Å². The first kappa shape index (κ1) is 16.5. The lowest BCUT2D eigenvalue weighted by Gasteiger charge is -2.18. The van der Waals surface area contributed by atoms with Crippen LogP contribution < -0.4 is 15.8 Å². The lowest BCUT2D eigenvalue weighted by Crippen LogP contribution is -2.18. The van der Waals surface area contributed by atoms with Crippen molar-refractivity contribution in [3.8, 4) is 5.88 Å². The normalized spacial score (nSPS) is 12.5. The van der Waals surface area contributed by atoms with E-state index in [1.807, 2.05) is 0 Å². The Morgan fingerprint density at radius 1 is 1.20 bits per heavy atom. The van der Waals surface area contributed by atoms with E-state index in [4.69, 9.17) is 10.5 Å². The highest BCUT2D eigenvalue weighted by atomic mass is 16.5. The summed E-state index contributed by atoms with van der Waals surface area (Å²) in [6, 6.07) is 0.315. The molecule has 1 aromatic heterocycles. The average molecular weight is 280 g/mol. The summed E-state index contributed by atoms with van der Waals surface area (Å²) in [6.45, 7) is 11.1. The number of nitrogens with two attached hydrogens (primary N) is 1. The van der Waals surface area contributed by atoms with Gasteiger partial charge in [-0.1, -0.05) is 34.1 Å². The standard InChI is InChI=1S/C15H28N4O/c1-6-8-9-20-15-12(16)14(17-11(5)7-2)18-13(19-15)10(3)4/h10-11H,6-9,16H2,1-5H3,(H,17,18,19). The molecule has 0 aliphatic rings. The highest BCUT2D eigenvalue weighted by molar-refractivity contribution is 5.67. The molecule has 1 heterocycles. The zero-order valence-corrected chi connectivity index (χ0v) is 13.4. The maximum absolute atomic E-state index is 6.13. The number of anilines is 2. The van der Waals surface area contributed by atoms with Crippen molar-refractivity contribution in [3.05, 3.63) is 5.82 Å². The summed E-state index contributed by atoms with van der Waals surface area (Å²) >= 11 is 0. The Morgan fingerprint density at radius 3 is 2.45 bits per heavy atom. The van der Waals surface area contributed by atoms with Gasteiger partial charge in [0.1, 0.15) is 11.5 Å². The number of aromatic nitrogens is 2. The molecule has 0 aliphatic heterocycles. The predicted octanol–water partition coefficient (Wildman–Crippen LogP) is 3.57. The van der Waals surface area contributed by atoms with Crippen LogP contribution in [-0.2, 0) is 0 Å². The molecule has 0 saturated heterocycles. The highest BCUT2D eigenvalue weighted by Gasteiger charge is 2.16. The molecule has 1 aromatic rings. The Balaban J connectivity index is 3.02. The summed E-state index contributed by atoms with van der Waals surface area (Å²) in [7, 11) is 0. The molecule has 114 valence electrons. The van der Waals surface area contributed by atoms with E-state index in [1.165, 1.54) is 0 Å². The zero-order valence-electron chi connectivity index (χ0n) is 13.4. The third kappa shape index (κ3) is 4.54. The minimum Gasteiger partial charge on any atom is -0.476 e. The summed E-state index contributed by atoms with van der Waals surface area (Å²) in [5, 5.41) is 3.33. The summed E-state index contributed by atoms with van der Waals surface area (Å²) in [6.07, 6.45) is 3.08. The van der Waals surface area contributed by atoms with Crippen molar-refractivity contribution in [2.75, 3.05) is 17.7 Å². The lowest BCUT2D eigenvalue weighted by atomic mass is 10.2. The lowest BCUT2D eigenvalue weighted by molar-refractivity contribution is 0.297. The monoisotopic (exact) mass is 280 g/mol. The number of nitrogen functional groups attached to an aromatic ring is 1. The molecule has 0 spiro atoms. The van der Waals surface area contributed by atoms with Crippen molar-refractivity contribution in [3.63, 3.8) is 0 Å². The SMILES string of the molecule is CCCCOc1nc(C(C)C)nc(NC(C)CC)c1N. The highest BCUT2D eigenvalue weighted by Crippen LogP contribution is 2.29. The number of nitrogens with one attached hydrogen (secondary N) is 1. The van der Waals surface area contributed by atoms with Gasteiger partial charge in [-0.05, 0) is 19.8 Å². The molecular formula is C15H28N4O. The molecule has 0 aromatic carbocycles. The fraction of sp³-hybridized carbons (Fsp3) is 0.733. The first-order valence-corrected chi connectivity index (χ1v) is 7.56. The van der Waals surface area contributed by atoms with Gasteiger partial charge in [-0.15, -0.1) is 0 Å². The van der Waals surface area contributed by atoms with E-state index in [1.54, 1.807) is 0 Å². The Hall–Kier alpha value is -1.52. The molecule has 1 unspecified atom stereocenters. The van der Waals surface area contributed by atoms with Gasteiger partial charge in [0.05, 0.1) is 6.61 Å². The summed E-state index contributed by atoms with van der Waals surface area (Å²) in [5.41, 5.74) is 6.63. The predicted molar refractivity (Wildman–Crippen MR) is 84.3 cm³/mol. The molecule has 0 radical (unpaired) electrons. The van der Waals surface area contributed by atoms with Crippen LogP contribution in [0.15, 0.2) is 0 Å². The molecule has 1 atom stereocenters. The molecule has 3 N–H and O–H groups in total. The van der Waals surface area contributed by atoms with Gasteiger partial charge in [-0.25, -0.2) is 4.98 Å². The molecule has 0 bridgehead atoms. The van der Waals surface area contributed by atoms with Crippen molar-refractivity contribution in [1.29, 1.82) is 0 Å². The van der Waals surface area contributed by atoms with Gasteiger partial charge in [-0.2, -0.15) is 4.98 Å². The topological polar surface area (TPSA) is 73.1 Å². The van der Waals surface area contributed by atoms with Gasteiger partial charge in [0.15, 0.2) is 5.82 Å². The van der Waals surface area contributed by atoms with Crippen LogP contribution in [0.25, 0.3) is 0 Å². The van der Waals surface area contributed by atoms with Crippen LogP contribution in [0.4, 0.5) is 11.5 Å². The summed E-state index contributed by atoms with van der Waals surface area (Å²) in [4.78, 5) is 8.96. The van der Waals surface area contributed by atoms with Gasteiger partial charge in [0.25, 0.3) is 0 Å². The van der Waals surface area contributed by atoms with Crippen molar-refractivity contribution < 1.29 is 4.74 Å². The molecule has 0 fully saturated rings. The van der Waals surface area contributed by atoms with Crippen molar-refractivity contribution in [2.24, 2.45) is 0 Å². The van der Waals surface area contributed by atoms with Crippen LogP contribution in [0, 0.1) is 0 Å². The zero-order chi connectivity index (χ0) is 15.1. The average Bonchev–Trinajstić information content (AvgIpc) is 2.42. The minimum atomic E-state index is 0.238. The fourth-order valence-corrected chi connectivity index (χ4v) is 1.59. The summed E-state index contributed by atoms with van der Waals surface area (Å²) < 4.78 is 5.71. The van der Waals surface area contributed by atoms with Crippen molar-refractivity contribution in [2.45, 2.75) is 65.8 Å². The second-order valence-electron chi connectivity index (χ2n) is 5.46. The molecule has 5 heteroatoms. The van der Waals surface area contributed by atoms with Crippen LogP contribution in [-0.4, -0.2) is 22.6 Å². The number of rotatable bonds is 8. The first-order valence-electron chi connectivity index (χ1n) is 7.56. The van der Waals surface area contributed by atoms with E-state index in [9.17, 15) is 0 Å². The van der Waals surface area contributed by atoms with Crippen LogP contribution in [0.5, 0.6) is 5.88 Å². The van der Waals surface area contributed by atoms with Crippen molar-refractivity contribution in [1.82, 2.24) is 9.97 Å². The number of hydrogen-bond acceptors (Lipinski definition) is 5. The Kier molecular flexibility index (Phi) is 6.55. The van der Waals surface area contributed by atoms with Gasteiger partial charge >= 0.3 is 0 Å². The van der Waals surface area contributed by atoms with Gasteiger partial charge in [0, 0.05) is 12.0 Å². The van der Waals surface area contributed by atoms with Crippen molar-refractivity contribution >= 4 is 11.5 Å². The van der Waals surface area contributed by atoms with Crippen LogP contribution >= 0.6 is 0 Å². The maximum Gasteiger partial charge on any atom is 0.242 e. The Bertz CT molecular complexity index is 421. The van der Waals surface area contributed by atoms with E-state index >= 15 is 0 Å². The van der Waals surface area contributed by atoms with E-state index in [0.29, 0.717) is 30.0 Å².